The van der Waals surface area contributed by atoms with Crippen molar-refractivity contribution in [3.8, 4) is 5.75 Å². The van der Waals surface area contributed by atoms with Gasteiger partial charge in [-0.3, -0.25) is 0 Å². The first-order valence-corrected chi connectivity index (χ1v) is 10.2. The van der Waals surface area contributed by atoms with Gasteiger partial charge in [0.25, 0.3) is 0 Å². The maximum atomic E-state index is 12.3. The quantitative estimate of drug-likeness (QED) is 0.607. The molecule has 0 spiro atoms. The van der Waals surface area contributed by atoms with E-state index in [9.17, 15) is 8.42 Å². The molecule has 0 aliphatic heterocycles. The van der Waals surface area contributed by atoms with Gasteiger partial charge in [0.05, 0.1) is 24.8 Å². The fourth-order valence-corrected chi connectivity index (χ4v) is 3.55. The van der Waals surface area contributed by atoms with Crippen molar-refractivity contribution < 1.29 is 17.6 Å². The van der Waals surface area contributed by atoms with E-state index in [0.29, 0.717) is 23.0 Å². The second-order valence-corrected chi connectivity index (χ2v) is 8.14. The normalized spacial score (nSPS) is 11.8. The summed E-state index contributed by atoms with van der Waals surface area (Å²) >= 11 is 0. The Kier molecular flexibility index (Phi) is 5.96. The average molecular weight is 398 g/mol. The molecule has 0 atom stereocenters. The van der Waals surface area contributed by atoms with E-state index in [2.05, 4.69) is 9.71 Å². The highest BCUT2D eigenvalue weighted by Gasteiger charge is 2.14. The first-order chi connectivity index (χ1) is 13.4. The number of furan rings is 1. The number of rotatable bonds is 7. The first kappa shape index (κ1) is 19.9. The molecule has 3 rings (SSSR count). The maximum absolute atomic E-state index is 12.3. The van der Waals surface area contributed by atoms with E-state index in [1.165, 1.54) is 0 Å². The third kappa shape index (κ3) is 4.88. The van der Waals surface area contributed by atoms with Gasteiger partial charge in [0.2, 0.25) is 10.0 Å². The lowest BCUT2D eigenvalue weighted by molar-refractivity contribution is 0.416. The van der Waals surface area contributed by atoms with Crippen LogP contribution in [0.15, 0.2) is 68.9 Å². The summed E-state index contributed by atoms with van der Waals surface area (Å²) in [6, 6.07) is 15.8. The number of nitrogens with one attached hydrogen (secondary N) is 1. The Morgan fingerprint density at radius 1 is 1.04 bits per heavy atom. The van der Waals surface area contributed by atoms with Crippen LogP contribution in [0.4, 0.5) is 5.69 Å². The first-order valence-electron chi connectivity index (χ1n) is 8.71. The van der Waals surface area contributed by atoms with E-state index >= 15 is 0 Å². The summed E-state index contributed by atoms with van der Waals surface area (Å²) in [6.45, 7) is 3.93. The van der Waals surface area contributed by atoms with Crippen molar-refractivity contribution in [3.05, 3.63) is 77.2 Å². The third-order valence-corrected chi connectivity index (χ3v) is 5.53. The number of hydrogen-bond donors (Lipinski definition) is 1. The Balaban J connectivity index is 1.67. The molecule has 146 valence electrons. The van der Waals surface area contributed by atoms with E-state index in [-0.39, 0.29) is 11.4 Å². The Morgan fingerprint density at radius 3 is 2.46 bits per heavy atom. The summed E-state index contributed by atoms with van der Waals surface area (Å²) in [6.07, 6.45) is 1.58. The molecule has 28 heavy (non-hydrogen) atoms. The second-order valence-electron chi connectivity index (χ2n) is 6.38. The predicted molar refractivity (Wildman–Crippen MR) is 109 cm³/mol. The van der Waals surface area contributed by atoms with Gasteiger partial charge in [0.1, 0.15) is 23.0 Å². The van der Waals surface area contributed by atoms with Gasteiger partial charge in [-0.05, 0) is 55.8 Å². The minimum atomic E-state index is -3.60. The maximum Gasteiger partial charge on any atom is 0.240 e. The number of hydrogen-bond acceptors (Lipinski definition) is 5. The molecule has 3 aromatic rings. The zero-order valence-electron chi connectivity index (χ0n) is 16.0. The van der Waals surface area contributed by atoms with Crippen LogP contribution in [0.3, 0.4) is 0 Å². The van der Waals surface area contributed by atoms with E-state index in [0.717, 1.165) is 11.1 Å². The molecule has 7 heteroatoms. The summed E-state index contributed by atoms with van der Waals surface area (Å²) in [5.74, 6) is 1.68. The predicted octanol–water partition coefficient (Wildman–Crippen LogP) is 4.13. The van der Waals surface area contributed by atoms with E-state index in [1.54, 1.807) is 49.7 Å². The van der Waals surface area contributed by atoms with Crippen LogP contribution in [0.5, 0.6) is 5.75 Å². The van der Waals surface area contributed by atoms with E-state index in [4.69, 9.17) is 9.15 Å². The van der Waals surface area contributed by atoms with Crippen molar-refractivity contribution in [2.24, 2.45) is 4.99 Å². The molecule has 0 fully saturated rings. The summed E-state index contributed by atoms with van der Waals surface area (Å²) in [5, 5.41) is 0. The summed E-state index contributed by atoms with van der Waals surface area (Å²) in [7, 11) is -2.00. The number of sulfonamides is 1. The minimum absolute atomic E-state index is 0.0534. The van der Waals surface area contributed by atoms with E-state index in [1.807, 2.05) is 32.0 Å². The molecule has 0 amide bonds. The molecule has 0 saturated heterocycles. The van der Waals surface area contributed by atoms with Crippen molar-refractivity contribution in [2.45, 2.75) is 25.3 Å². The van der Waals surface area contributed by atoms with Gasteiger partial charge in [0.15, 0.2) is 0 Å². The van der Waals surface area contributed by atoms with Gasteiger partial charge in [0, 0.05) is 0 Å². The zero-order valence-corrected chi connectivity index (χ0v) is 16.8. The van der Waals surface area contributed by atoms with Crippen LogP contribution in [0.2, 0.25) is 0 Å². The Labute approximate surface area is 164 Å². The number of nitrogens with zero attached hydrogens (tertiary/aromatic N) is 1. The van der Waals surface area contributed by atoms with Crippen LogP contribution in [0, 0.1) is 13.8 Å². The van der Waals surface area contributed by atoms with Crippen LogP contribution >= 0.6 is 0 Å². The molecule has 0 saturated carbocycles. The van der Waals surface area contributed by atoms with Crippen LogP contribution in [-0.4, -0.2) is 21.7 Å². The molecule has 2 aromatic carbocycles. The topological polar surface area (TPSA) is 80.9 Å². The molecule has 1 aromatic heterocycles. The number of ether oxygens (including phenoxy) is 1. The smallest absolute Gasteiger partial charge is 0.240 e. The van der Waals surface area contributed by atoms with Crippen LogP contribution in [0.25, 0.3) is 0 Å². The van der Waals surface area contributed by atoms with Crippen molar-refractivity contribution in [1.82, 2.24) is 4.72 Å². The molecule has 0 aliphatic carbocycles. The standard InChI is InChI=1S/C21H22N2O4S/c1-15-4-9-19(10-5-15)28(24,25)23-14-18-8-7-17(27-18)13-22-20-12-16(2)6-11-21(20)26-3/h4-13,23H,14H2,1-3H3. The van der Waals surface area contributed by atoms with Crippen LogP contribution in [-0.2, 0) is 16.6 Å². The lowest BCUT2D eigenvalue weighted by Crippen LogP contribution is -2.22. The van der Waals surface area contributed by atoms with Crippen molar-refractivity contribution in [2.75, 3.05) is 7.11 Å². The van der Waals surface area contributed by atoms with Gasteiger partial charge >= 0.3 is 0 Å². The highest BCUT2D eigenvalue weighted by atomic mass is 32.2. The monoisotopic (exact) mass is 398 g/mol. The average Bonchev–Trinajstić information content (AvgIpc) is 3.13. The fraction of sp³-hybridized carbons (Fsp3) is 0.190. The molecule has 1 N–H and O–H groups in total. The summed E-state index contributed by atoms with van der Waals surface area (Å²) in [5.41, 5.74) is 2.76. The molecule has 1 heterocycles. The largest absolute Gasteiger partial charge is 0.494 e. The van der Waals surface area contributed by atoms with Gasteiger partial charge in [-0.2, -0.15) is 0 Å². The molecule has 0 unspecified atom stereocenters. The van der Waals surface area contributed by atoms with Crippen molar-refractivity contribution >= 4 is 21.9 Å². The Hall–Kier alpha value is -2.90. The lowest BCUT2D eigenvalue weighted by atomic mass is 10.2. The third-order valence-electron chi connectivity index (χ3n) is 4.12. The fourth-order valence-electron chi connectivity index (χ4n) is 2.56. The highest BCUT2D eigenvalue weighted by molar-refractivity contribution is 7.89. The van der Waals surface area contributed by atoms with Gasteiger partial charge < -0.3 is 9.15 Å². The number of methoxy groups -OCH3 is 1. The SMILES string of the molecule is COc1ccc(C)cc1N=Cc1ccc(CNS(=O)(=O)c2ccc(C)cc2)o1. The molecule has 0 bridgehead atoms. The molecular weight excluding hydrogens is 376 g/mol. The zero-order chi connectivity index (χ0) is 20.1. The Morgan fingerprint density at radius 2 is 1.75 bits per heavy atom. The van der Waals surface area contributed by atoms with Crippen LogP contribution < -0.4 is 9.46 Å². The summed E-state index contributed by atoms with van der Waals surface area (Å²) < 4.78 is 38.2. The summed E-state index contributed by atoms with van der Waals surface area (Å²) in [4.78, 5) is 4.62. The lowest BCUT2D eigenvalue weighted by Gasteiger charge is -2.05. The number of benzene rings is 2. The number of aliphatic imine (C=N–C) groups is 1. The molecule has 0 radical (unpaired) electrons. The van der Waals surface area contributed by atoms with Crippen molar-refractivity contribution in [1.29, 1.82) is 0 Å². The molecule has 6 nitrogen and oxygen atoms in total. The van der Waals surface area contributed by atoms with Crippen molar-refractivity contribution in [3.63, 3.8) is 0 Å². The van der Waals surface area contributed by atoms with Crippen LogP contribution in [0.1, 0.15) is 22.6 Å². The van der Waals surface area contributed by atoms with E-state index < -0.39 is 10.0 Å². The second kappa shape index (κ2) is 8.41. The van der Waals surface area contributed by atoms with Gasteiger partial charge in [-0.25, -0.2) is 18.1 Å². The van der Waals surface area contributed by atoms with Gasteiger partial charge in [-0.15, -0.1) is 0 Å². The minimum Gasteiger partial charge on any atom is -0.494 e. The molecular formula is C21H22N2O4S. The highest BCUT2D eigenvalue weighted by Crippen LogP contribution is 2.28. The molecule has 0 aliphatic rings. The number of aryl methyl sites for hydroxylation is 2. The Bertz CT molecular complexity index is 1080. The van der Waals surface area contributed by atoms with Gasteiger partial charge in [-0.1, -0.05) is 23.8 Å².